The highest BCUT2D eigenvalue weighted by Gasteiger charge is 2.29. The number of aromatic nitrogens is 2. The molecule has 2 heterocycles. The number of fused-ring (bicyclic) bond motifs is 1. The van der Waals surface area contributed by atoms with Gasteiger partial charge in [0.15, 0.2) is 12.1 Å². The lowest BCUT2D eigenvalue weighted by atomic mass is 10.1. The Kier molecular flexibility index (Phi) is 3.48. The van der Waals surface area contributed by atoms with Gasteiger partial charge in [0.05, 0.1) is 23.9 Å². The van der Waals surface area contributed by atoms with Gasteiger partial charge in [-0.25, -0.2) is 14.2 Å². The number of esters is 1. The van der Waals surface area contributed by atoms with Crippen LogP contribution in [0, 0.1) is 5.82 Å². The van der Waals surface area contributed by atoms with Crippen molar-refractivity contribution in [3.05, 3.63) is 39.6 Å². The third kappa shape index (κ3) is 2.18. The zero-order valence-electron chi connectivity index (χ0n) is 11.8. The summed E-state index contributed by atoms with van der Waals surface area (Å²) in [5.74, 6) is -1.54. The molecule has 22 heavy (non-hydrogen) atoms. The number of halogens is 1. The van der Waals surface area contributed by atoms with Crippen LogP contribution in [0.4, 0.5) is 4.39 Å². The Morgan fingerprint density at radius 1 is 1.55 bits per heavy atom. The zero-order chi connectivity index (χ0) is 15.9. The first-order valence-electron chi connectivity index (χ1n) is 6.94. The lowest BCUT2D eigenvalue weighted by Gasteiger charge is -2.13. The molecule has 6 nitrogen and oxygen atoms in total. The van der Waals surface area contributed by atoms with Crippen molar-refractivity contribution in [1.82, 2.24) is 9.55 Å². The van der Waals surface area contributed by atoms with Crippen molar-refractivity contribution in [2.75, 3.05) is 6.61 Å². The second-order valence-corrected chi connectivity index (χ2v) is 5.07. The molecule has 1 fully saturated rings. The van der Waals surface area contributed by atoms with Crippen molar-refractivity contribution in [3.63, 3.8) is 0 Å². The van der Waals surface area contributed by atoms with Crippen LogP contribution < -0.4 is 5.43 Å². The molecule has 0 aromatic carbocycles. The maximum atomic E-state index is 13.8. The van der Waals surface area contributed by atoms with Gasteiger partial charge in [0.2, 0.25) is 5.43 Å². The summed E-state index contributed by atoms with van der Waals surface area (Å²) in [6.45, 7) is 1.77. The molecule has 0 radical (unpaired) electrons. The molecule has 0 N–H and O–H groups in total. The van der Waals surface area contributed by atoms with E-state index in [2.05, 4.69) is 4.98 Å². The van der Waals surface area contributed by atoms with Gasteiger partial charge in [-0.05, 0) is 19.8 Å². The molecule has 2 aromatic heterocycles. The number of carbonyl (C=O) groups excluding carboxylic acids is 2. The molecule has 1 aliphatic carbocycles. The minimum Gasteiger partial charge on any atom is -0.462 e. The first-order chi connectivity index (χ1) is 10.6. The van der Waals surface area contributed by atoms with E-state index in [1.165, 1.54) is 6.20 Å². The average Bonchev–Trinajstić information content (AvgIpc) is 3.32. The highest BCUT2D eigenvalue weighted by atomic mass is 19.1. The number of rotatable bonds is 4. The summed E-state index contributed by atoms with van der Waals surface area (Å²) in [7, 11) is 0. The summed E-state index contributed by atoms with van der Waals surface area (Å²) in [6.07, 6.45) is 4.18. The second-order valence-electron chi connectivity index (χ2n) is 5.07. The minimum atomic E-state index is -0.791. The summed E-state index contributed by atoms with van der Waals surface area (Å²) in [5.41, 5.74) is -0.994. The smallest absolute Gasteiger partial charge is 0.343 e. The molecule has 0 spiro atoms. The van der Waals surface area contributed by atoms with Gasteiger partial charge in [0, 0.05) is 12.2 Å². The molecule has 114 valence electrons. The predicted octanol–water partition coefficient (Wildman–Crippen LogP) is 1.86. The first kappa shape index (κ1) is 14.4. The summed E-state index contributed by atoms with van der Waals surface area (Å²) in [6, 6.07) is 0.0265. The van der Waals surface area contributed by atoms with E-state index in [1.54, 1.807) is 11.5 Å². The molecule has 1 aliphatic rings. The van der Waals surface area contributed by atoms with Gasteiger partial charge in [-0.1, -0.05) is 0 Å². The van der Waals surface area contributed by atoms with E-state index in [0.29, 0.717) is 6.29 Å². The van der Waals surface area contributed by atoms with Crippen molar-refractivity contribution in [2.45, 2.75) is 25.8 Å². The number of hydrogen-bond acceptors (Lipinski definition) is 5. The molecule has 7 heteroatoms. The fourth-order valence-electron chi connectivity index (χ4n) is 2.42. The highest BCUT2D eigenvalue weighted by molar-refractivity contribution is 5.98. The molecule has 0 saturated heterocycles. The van der Waals surface area contributed by atoms with E-state index in [4.69, 9.17) is 4.74 Å². The Balaban J connectivity index is 2.38. The van der Waals surface area contributed by atoms with E-state index in [0.717, 1.165) is 19.0 Å². The lowest BCUT2D eigenvalue weighted by molar-refractivity contribution is 0.0524. The fraction of sp³-hybridized carbons (Fsp3) is 0.333. The Bertz CT molecular complexity index is 840. The van der Waals surface area contributed by atoms with Crippen LogP contribution in [0.15, 0.2) is 17.2 Å². The van der Waals surface area contributed by atoms with Crippen LogP contribution in [-0.4, -0.2) is 28.4 Å². The number of ether oxygens (including phenoxy) is 1. The molecule has 0 bridgehead atoms. The summed E-state index contributed by atoms with van der Waals surface area (Å²) < 4.78 is 20.3. The summed E-state index contributed by atoms with van der Waals surface area (Å²) in [5, 5.41) is 0. The minimum absolute atomic E-state index is 0.0265. The van der Waals surface area contributed by atoms with Crippen LogP contribution in [0.1, 0.15) is 46.5 Å². The Morgan fingerprint density at radius 2 is 2.27 bits per heavy atom. The normalized spacial score (nSPS) is 14.1. The molecular weight excluding hydrogens is 291 g/mol. The van der Waals surface area contributed by atoms with Crippen molar-refractivity contribution in [2.24, 2.45) is 0 Å². The van der Waals surface area contributed by atoms with Gasteiger partial charge in [0.25, 0.3) is 0 Å². The van der Waals surface area contributed by atoms with Gasteiger partial charge in [0.1, 0.15) is 11.1 Å². The van der Waals surface area contributed by atoms with Crippen LogP contribution in [0.25, 0.3) is 11.0 Å². The van der Waals surface area contributed by atoms with Crippen molar-refractivity contribution in [1.29, 1.82) is 0 Å². The third-order valence-electron chi connectivity index (χ3n) is 3.58. The van der Waals surface area contributed by atoms with Gasteiger partial charge in [-0.2, -0.15) is 0 Å². The van der Waals surface area contributed by atoms with Crippen molar-refractivity contribution < 1.29 is 18.7 Å². The standard InChI is InChI=1S/C15H13FN2O4/c1-2-22-15(21)9-6-18(8-3-4-8)13-10(7-19)11(16)5-17-12(13)14(9)20/h5-8H,2-4H2,1H3. The van der Waals surface area contributed by atoms with Crippen molar-refractivity contribution >= 4 is 23.3 Å². The first-order valence-corrected chi connectivity index (χ1v) is 6.94. The molecule has 0 unspecified atom stereocenters. The molecule has 0 amide bonds. The molecule has 2 aromatic rings. The number of carbonyl (C=O) groups is 2. The second kappa shape index (κ2) is 5.32. The maximum Gasteiger partial charge on any atom is 0.343 e. The van der Waals surface area contributed by atoms with Crippen LogP contribution in [-0.2, 0) is 4.74 Å². The predicted molar refractivity (Wildman–Crippen MR) is 75.6 cm³/mol. The van der Waals surface area contributed by atoms with Crippen molar-refractivity contribution in [3.8, 4) is 0 Å². The zero-order valence-corrected chi connectivity index (χ0v) is 11.8. The number of aldehydes is 1. The van der Waals surface area contributed by atoms with Gasteiger partial charge < -0.3 is 9.30 Å². The van der Waals surface area contributed by atoms with Crippen LogP contribution in [0.3, 0.4) is 0 Å². The molecule has 0 aliphatic heterocycles. The topological polar surface area (TPSA) is 78.3 Å². The lowest BCUT2D eigenvalue weighted by Crippen LogP contribution is -2.22. The third-order valence-corrected chi connectivity index (χ3v) is 3.58. The molecule has 1 saturated carbocycles. The van der Waals surface area contributed by atoms with Gasteiger partial charge in [-0.3, -0.25) is 9.59 Å². The van der Waals surface area contributed by atoms with Crippen LogP contribution in [0.5, 0.6) is 0 Å². The molecule has 3 rings (SSSR count). The van der Waals surface area contributed by atoms with E-state index in [9.17, 15) is 18.8 Å². The number of nitrogens with zero attached hydrogens (tertiary/aromatic N) is 2. The highest BCUT2D eigenvalue weighted by Crippen LogP contribution is 2.37. The Labute approximate surface area is 124 Å². The monoisotopic (exact) mass is 304 g/mol. The van der Waals surface area contributed by atoms with Gasteiger partial charge in [-0.15, -0.1) is 0 Å². The van der Waals surface area contributed by atoms with E-state index < -0.39 is 17.2 Å². The van der Waals surface area contributed by atoms with E-state index in [1.807, 2.05) is 0 Å². The van der Waals surface area contributed by atoms with Crippen LogP contribution >= 0.6 is 0 Å². The van der Waals surface area contributed by atoms with E-state index >= 15 is 0 Å². The number of hydrogen-bond donors (Lipinski definition) is 0. The van der Waals surface area contributed by atoms with Crippen LogP contribution in [0.2, 0.25) is 0 Å². The Morgan fingerprint density at radius 3 is 2.86 bits per heavy atom. The molecule has 0 atom stereocenters. The average molecular weight is 304 g/mol. The quantitative estimate of drug-likeness (QED) is 0.636. The van der Waals surface area contributed by atoms with Gasteiger partial charge >= 0.3 is 5.97 Å². The maximum absolute atomic E-state index is 13.8. The Hall–Kier alpha value is -2.57. The summed E-state index contributed by atoms with van der Waals surface area (Å²) >= 11 is 0. The SMILES string of the molecule is CCOC(=O)c1cn(C2CC2)c2c(C=O)c(F)cnc2c1=O. The largest absolute Gasteiger partial charge is 0.462 e. The fourth-order valence-corrected chi connectivity index (χ4v) is 2.42. The molecular formula is C15H13FN2O4. The number of pyridine rings is 2. The summed E-state index contributed by atoms with van der Waals surface area (Å²) in [4.78, 5) is 39.3. The van der Waals surface area contributed by atoms with E-state index in [-0.39, 0.29) is 34.8 Å².